The van der Waals surface area contributed by atoms with Crippen LogP contribution in [0, 0.1) is 29.1 Å². The van der Waals surface area contributed by atoms with Crippen molar-refractivity contribution in [2.45, 2.75) is 84.0 Å². The smallest absolute Gasteiger partial charge is 0.310 e. The molecule has 4 heteroatoms. The Balaban J connectivity index is 1.21. The quantitative estimate of drug-likeness (QED) is 0.435. The fraction of sp³-hybridized carbons (Fsp3) is 0.667. The van der Waals surface area contributed by atoms with Gasteiger partial charge < -0.3 is 10.1 Å². The van der Waals surface area contributed by atoms with Crippen molar-refractivity contribution in [2.24, 2.45) is 29.1 Å². The summed E-state index contributed by atoms with van der Waals surface area (Å²) in [5, 5.41) is 3.14. The Morgan fingerprint density at radius 3 is 2.68 bits per heavy atom. The second-order valence-corrected chi connectivity index (χ2v) is 12.4. The van der Waals surface area contributed by atoms with Gasteiger partial charge in [0.05, 0.1) is 5.92 Å². The first-order valence-electron chi connectivity index (χ1n) is 13.4. The molecular formula is C30H41NO3. The van der Waals surface area contributed by atoms with E-state index < -0.39 is 0 Å². The molecule has 6 atom stereocenters. The Labute approximate surface area is 204 Å². The first kappa shape index (κ1) is 23.6. The zero-order chi connectivity index (χ0) is 24.1. The second-order valence-electron chi connectivity index (χ2n) is 12.4. The van der Waals surface area contributed by atoms with E-state index in [-0.39, 0.29) is 35.2 Å². The molecule has 4 nitrogen and oxygen atoms in total. The molecule has 1 amide bonds. The van der Waals surface area contributed by atoms with E-state index in [9.17, 15) is 9.59 Å². The monoisotopic (exact) mass is 463 g/mol. The molecule has 1 aromatic carbocycles. The van der Waals surface area contributed by atoms with E-state index in [1.54, 1.807) is 0 Å². The molecule has 0 radical (unpaired) electrons. The van der Waals surface area contributed by atoms with Gasteiger partial charge in [-0.2, -0.15) is 0 Å². The minimum atomic E-state index is -0.201. The molecule has 2 saturated carbocycles. The van der Waals surface area contributed by atoms with Gasteiger partial charge in [-0.25, -0.2) is 0 Å². The lowest BCUT2D eigenvalue weighted by Gasteiger charge is -2.55. The van der Waals surface area contributed by atoms with Crippen LogP contribution < -0.4 is 5.32 Å². The summed E-state index contributed by atoms with van der Waals surface area (Å²) in [6, 6.07) is 7.16. The average molecular weight is 464 g/mol. The van der Waals surface area contributed by atoms with Gasteiger partial charge >= 0.3 is 5.97 Å². The van der Waals surface area contributed by atoms with Crippen LogP contribution in [0.2, 0.25) is 0 Å². The van der Waals surface area contributed by atoms with Crippen molar-refractivity contribution in [2.75, 3.05) is 13.2 Å². The molecule has 184 valence electrons. The summed E-state index contributed by atoms with van der Waals surface area (Å²) in [6.45, 7) is 9.84. The van der Waals surface area contributed by atoms with E-state index in [0.717, 1.165) is 25.7 Å². The minimum Gasteiger partial charge on any atom is -0.455 e. The largest absolute Gasteiger partial charge is 0.455 e. The highest BCUT2D eigenvalue weighted by Gasteiger charge is 2.51. The molecule has 2 bridgehead atoms. The maximum absolute atomic E-state index is 12.6. The number of carbonyl (C=O) groups is 2. The van der Waals surface area contributed by atoms with Gasteiger partial charge in [-0.15, -0.1) is 0 Å². The number of amides is 1. The first-order chi connectivity index (χ1) is 16.2. The average Bonchev–Trinajstić information content (AvgIpc) is 3.45. The molecule has 1 N–H and O–H groups in total. The van der Waals surface area contributed by atoms with Crippen LogP contribution in [-0.2, 0) is 26.2 Å². The number of rotatable bonds is 6. The molecule has 4 aliphatic rings. The predicted molar refractivity (Wildman–Crippen MR) is 134 cm³/mol. The number of hydrogen-bond donors (Lipinski definition) is 1. The summed E-state index contributed by atoms with van der Waals surface area (Å²) in [6.07, 6.45) is 12.1. The molecule has 34 heavy (non-hydrogen) atoms. The Bertz CT molecular complexity index is 997. The molecule has 0 heterocycles. The number of fused-ring (bicyclic) bond motifs is 5. The van der Waals surface area contributed by atoms with Gasteiger partial charge in [0.1, 0.15) is 0 Å². The zero-order valence-electron chi connectivity index (χ0n) is 21.4. The molecule has 6 unspecified atom stereocenters. The SMILES string of the molecule is CC(C)c1ccc2c(c1)CCC1C(C)(CNC(=O)COC(=O)C3CC4C=CC3C4)CCCC21C. The van der Waals surface area contributed by atoms with E-state index in [1.165, 1.54) is 36.0 Å². The van der Waals surface area contributed by atoms with E-state index in [0.29, 0.717) is 30.2 Å². The van der Waals surface area contributed by atoms with Crippen molar-refractivity contribution >= 4 is 11.9 Å². The van der Waals surface area contributed by atoms with Crippen molar-refractivity contribution in [3.63, 3.8) is 0 Å². The third kappa shape index (κ3) is 4.12. The van der Waals surface area contributed by atoms with Crippen molar-refractivity contribution in [3.8, 4) is 0 Å². The van der Waals surface area contributed by atoms with Crippen LogP contribution >= 0.6 is 0 Å². The number of aryl methyl sites for hydroxylation is 1. The summed E-state index contributed by atoms with van der Waals surface area (Å²) in [7, 11) is 0. The van der Waals surface area contributed by atoms with Gasteiger partial charge in [0.2, 0.25) is 0 Å². The highest BCUT2D eigenvalue weighted by molar-refractivity contribution is 5.81. The maximum atomic E-state index is 12.6. The normalized spacial score (nSPS) is 35.7. The summed E-state index contributed by atoms with van der Waals surface area (Å²) >= 11 is 0. The topological polar surface area (TPSA) is 55.4 Å². The molecule has 4 aliphatic carbocycles. The minimum absolute atomic E-state index is 0.0521. The van der Waals surface area contributed by atoms with Gasteiger partial charge in [-0.3, -0.25) is 9.59 Å². The number of nitrogens with one attached hydrogen (secondary N) is 1. The van der Waals surface area contributed by atoms with E-state index in [4.69, 9.17) is 4.74 Å². The lowest BCUT2D eigenvalue weighted by Crippen LogP contribution is -2.53. The fourth-order valence-corrected chi connectivity index (χ4v) is 7.86. The molecular weight excluding hydrogens is 422 g/mol. The van der Waals surface area contributed by atoms with E-state index >= 15 is 0 Å². The Morgan fingerprint density at radius 2 is 1.97 bits per heavy atom. The van der Waals surface area contributed by atoms with Gasteiger partial charge in [0.15, 0.2) is 6.61 Å². The van der Waals surface area contributed by atoms with Crippen LogP contribution in [0.4, 0.5) is 0 Å². The van der Waals surface area contributed by atoms with Gasteiger partial charge in [-0.1, -0.05) is 64.5 Å². The van der Waals surface area contributed by atoms with Crippen LogP contribution in [-0.4, -0.2) is 25.0 Å². The number of esters is 1. The van der Waals surface area contributed by atoms with E-state index in [1.807, 2.05) is 0 Å². The number of ether oxygens (including phenoxy) is 1. The highest BCUT2D eigenvalue weighted by atomic mass is 16.5. The Hall–Kier alpha value is -2.10. The zero-order valence-corrected chi connectivity index (χ0v) is 21.4. The van der Waals surface area contributed by atoms with Gasteiger partial charge in [-0.05, 0) is 89.7 Å². The summed E-state index contributed by atoms with van der Waals surface area (Å²) in [4.78, 5) is 25.1. The fourth-order valence-electron chi connectivity index (χ4n) is 7.86. The lowest BCUT2D eigenvalue weighted by molar-refractivity contribution is -0.153. The molecule has 0 spiro atoms. The summed E-state index contributed by atoms with van der Waals surface area (Å²) in [5.74, 6) is 1.50. The number of carbonyl (C=O) groups excluding carboxylic acids is 2. The summed E-state index contributed by atoms with van der Waals surface area (Å²) < 4.78 is 5.43. The molecule has 0 aromatic heterocycles. The van der Waals surface area contributed by atoms with Crippen molar-refractivity contribution in [1.29, 1.82) is 0 Å². The van der Waals surface area contributed by atoms with Crippen molar-refractivity contribution < 1.29 is 14.3 Å². The summed E-state index contributed by atoms with van der Waals surface area (Å²) in [5.41, 5.74) is 4.70. The third-order valence-corrected chi connectivity index (χ3v) is 9.78. The third-order valence-electron chi connectivity index (χ3n) is 9.78. The Morgan fingerprint density at radius 1 is 1.15 bits per heavy atom. The van der Waals surface area contributed by atoms with Gasteiger partial charge in [0.25, 0.3) is 5.91 Å². The second kappa shape index (κ2) is 8.84. The van der Waals surface area contributed by atoms with Crippen molar-refractivity contribution in [3.05, 3.63) is 47.0 Å². The lowest BCUT2D eigenvalue weighted by atomic mass is 9.49. The number of benzene rings is 1. The number of hydrogen-bond acceptors (Lipinski definition) is 3. The van der Waals surface area contributed by atoms with E-state index in [2.05, 4.69) is 63.4 Å². The Kier molecular flexibility index (Phi) is 6.14. The van der Waals surface area contributed by atoms with Crippen LogP contribution in [0.5, 0.6) is 0 Å². The van der Waals surface area contributed by atoms with Crippen LogP contribution in [0.15, 0.2) is 30.4 Å². The van der Waals surface area contributed by atoms with Crippen LogP contribution in [0.25, 0.3) is 0 Å². The van der Waals surface area contributed by atoms with Crippen LogP contribution in [0.1, 0.15) is 88.8 Å². The van der Waals surface area contributed by atoms with Gasteiger partial charge in [0, 0.05) is 6.54 Å². The maximum Gasteiger partial charge on any atom is 0.310 e. The highest BCUT2D eigenvalue weighted by Crippen LogP contribution is 2.57. The van der Waals surface area contributed by atoms with Crippen LogP contribution in [0.3, 0.4) is 0 Å². The first-order valence-corrected chi connectivity index (χ1v) is 13.4. The number of allylic oxidation sites excluding steroid dienone is 2. The molecule has 0 aliphatic heterocycles. The standard InChI is InChI=1S/C30H41NO3/c1-19(2)21-8-10-25-23(16-21)9-11-26-29(3,12-5-13-30(25,26)4)18-31-27(32)17-34-28(33)24-15-20-6-7-22(24)14-20/h6-8,10,16,19-20,22,24,26H,5,9,11-15,17-18H2,1-4H3,(H,31,32). The molecule has 5 rings (SSSR count). The predicted octanol–water partition coefficient (Wildman–Crippen LogP) is 5.69. The molecule has 1 aromatic rings. The molecule has 2 fully saturated rings. The molecule has 0 saturated heterocycles. The van der Waals surface area contributed by atoms with Crippen molar-refractivity contribution in [1.82, 2.24) is 5.32 Å².